The molecule has 0 saturated carbocycles. The Morgan fingerprint density at radius 3 is 2.35 bits per heavy atom. The number of aryl methyl sites for hydroxylation is 3. The summed E-state index contributed by atoms with van der Waals surface area (Å²) in [6.45, 7) is 5.19. The lowest BCUT2D eigenvalue weighted by Gasteiger charge is -2.13. The molecule has 0 saturated heterocycles. The van der Waals surface area contributed by atoms with E-state index in [-0.39, 0.29) is 11.3 Å². The van der Waals surface area contributed by atoms with E-state index in [1.807, 2.05) is 32.9 Å². The highest BCUT2D eigenvalue weighted by Gasteiger charge is 2.18. The average Bonchev–Trinajstić information content (AvgIpc) is 2.56. The van der Waals surface area contributed by atoms with Gasteiger partial charge in [-0.15, -0.1) is 0 Å². The number of ether oxygens (including phenoxy) is 1. The fourth-order valence-corrected chi connectivity index (χ4v) is 2.60. The molecule has 0 aliphatic carbocycles. The summed E-state index contributed by atoms with van der Waals surface area (Å²) in [6.07, 6.45) is 0. The molecule has 0 aromatic heterocycles. The van der Waals surface area contributed by atoms with E-state index in [1.165, 1.54) is 12.1 Å². The van der Waals surface area contributed by atoms with E-state index in [9.17, 15) is 19.7 Å². The van der Waals surface area contributed by atoms with Crippen molar-refractivity contribution in [1.29, 1.82) is 0 Å². The Morgan fingerprint density at radius 2 is 1.77 bits per heavy atom. The Bertz CT molecular complexity index is 869. The molecule has 3 N–H and O–H groups in total. The Balaban J connectivity index is 2.03. The molecule has 2 aromatic rings. The van der Waals surface area contributed by atoms with Crippen LogP contribution in [0, 0.1) is 30.9 Å². The molecule has 0 atom stereocenters. The lowest BCUT2D eigenvalue weighted by Crippen LogP contribution is -2.22. The lowest BCUT2D eigenvalue weighted by atomic mass is 10.1. The zero-order chi connectivity index (χ0) is 19.4. The number of carbonyl (C=O) groups excluding carboxylic acids is 2. The number of carbonyl (C=O) groups is 2. The summed E-state index contributed by atoms with van der Waals surface area (Å²) in [4.78, 5) is 34.2. The Kier molecular flexibility index (Phi) is 5.56. The van der Waals surface area contributed by atoms with Crippen LogP contribution in [0.3, 0.4) is 0 Å². The molecule has 8 nitrogen and oxygen atoms in total. The number of benzene rings is 2. The van der Waals surface area contributed by atoms with Crippen LogP contribution < -0.4 is 11.1 Å². The maximum Gasteiger partial charge on any atom is 0.338 e. The van der Waals surface area contributed by atoms with Crippen LogP contribution >= 0.6 is 0 Å². The third kappa shape index (κ3) is 4.35. The van der Waals surface area contributed by atoms with Gasteiger partial charge in [-0.2, -0.15) is 0 Å². The van der Waals surface area contributed by atoms with Crippen molar-refractivity contribution in [1.82, 2.24) is 0 Å². The number of hydrogen-bond donors (Lipinski definition) is 2. The summed E-state index contributed by atoms with van der Waals surface area (Å²) in [5, 5.41) is 13.6. The first-order chi connectivity index (χ1) is 12.2. The van der Waals surface area contributed by atoms with Crippen molar-refractivity contribution < 1.29 is 19.2 Å². The number of anilines is 2. The van der Waals surface area contributed by atoms with Gasteiger partial charge in [-0.3, -0.25) is 14.9 Å². The van der Waals surface area contributed by atoms with Crippen molar-refractivity contribution >= 4 is 28.9 Å². The minimum Gasteiger partial charge on any atom is -0.452 e. The molecule has 0 bridgehead atoms. The van der Waals surface area contributed by atoms with Crippen molar-refractivity contribution in [2.24, 2.45) is 0 Å². The number of nitrogens with one attached hydrogen (secondary N) is 1. The van der Waals surface area contributed by atoms with Gasteiger partial charge in [0.05, 0.1) is 10.5 Å². The third-order valence-electron chi connectivity index (χ3n) is 3.74. The standard InChI is InChI=1S/C18H19N3O5/c1-10-6-11(2)17(12(3)7-10)20-16(22)9-26-18(23)13-4-5-14(19)15(8-13)21(24)25/h4-8H,9,19H2,1-3H3,(H,20,22). The minimum atomic E-state index is -0.847. The van der Waals surface area contributed by atoms with Gasteiger partial charge < -0.3 is 15.8 Å². The van der Waals surface area contributed by atoms with E-state index >= 15 is 0 Å². The van der Waals surface area contributed by atoms with Crippen LogP contribution in [0.2, 0.25) is 0 Å². The molecule has 2 aromatic carbocycles. The molecule has 0 heterocycles. The summed E-state index contributed by atoms with van der Waals surface area (Å²) < 4.78 is 4.93. The molecule has 0 aliphatic heterocycles. The van der Waals surface area contributed by atoms with E-state index in [2.05, 4.69) is 5.32 Å². The largest absolute Gasteiger partial charge is 0.452 e. The Morgan fingerprint density at radius 1 is 1.15 bits per heavy atom. The molecule has 1 amide bonds. The van der Waals surface area contributed by atoms with E-state index < -0.39 is 29.1 Å². The monoisotopic (exact) mass is 357 g/mol. The van der Waals surface area contributed by atoms with E-state index in [0.717, 1.165) is 22.8 Å². The predicted molar refractivity (Wildman–Crippen MR) is 97.1 cm³/mol. The molecule has 0 aliphatic rings. The molecule has 0 radical (unpaired) electrons. The zero-order valence-electron chi connectivity index (χ0n) is 14.7. The highest BCUT2D eigenvalue weighted by Crippen LogP contribution is 2.23. The van der Waals surface area contributed by atoms with Crippen LogP contribution in [-0.4, -0.2) is 23.4 Å². The topological polar surface area (TPSA) is 125 Å². The van der Waals surface area contributed by atoms with Crippen LogP contribution in [0.25, 0.3) is 0 Å². The van der Waals surface area contributed by atoms with Crippen molar-refractivity contribution in [3.05, 3.63) is 62.7 Å². The van der Waals surface area contributed by atoms with Crippen LogP contribution in [0.1, 0.15) is 27.0 Å². The van der Waals surface area contributed by atoms with Gasteiger partial charge in [0.25, 0.3) is 11.6 Å². The highest BCUT2D eigenvalue weighted by molar-refractivity contribution is 5.97. The summed E-state index contributed by atoms with van der Waals surface area (Å²) in [5.74, 6) is -1.35. The van der Waals surface area contributed by atoms with Crippen molar-refractivity contribution in [2.45, 2.75) is 20.8 Å². The quantitative estimate of drug-likeness (QED) is 0.367. The maximum absolute atomic E-state index is 12.1. The number of esters is 1. The third-order valence-corrected chi connectivity index (χ3v) is 3.74. The maximum atomic E-state index is 12.1. The predicted octanol–water partition coefficient (Wildman–Crippen LogP) is 2.90. The highest BCUT2D eigenvalue weighted by atomic mass is 16.6. The second-order valence-corrected chi connectivity index (χ2v) is 5.93. The van der Waals surface area contributed by atoms with Gasteiger partial charge in [-0.05, 0) is 44.0 Å². The van der Waals surface area contributed by atoms with E-state index in [4.69, 9.17) is 10.5 Å². The molecule has 26 heavy (non-hydrogen) atoms. The first kappa shape index (κ1) is 18.9. The Hall–Kier alpha value is -3.42. The summed E-state index contributed by atoms with van der Waals surface area (Å²) >= 11 is 0. The number of nitro benzene ring substituents is 1. The first-order valence-electron chi connectivity index (χ1n) is 7.77. The molecule has 0 fully saturated rings. The van der Waals surface area contributed by atoms with Crippen LogP contribution in [0.5, 0.6) is 0 Å². The fourth-order valence-electron chi connectivity index (χ4n) is 2.60. The molecule has 136 valence electrons. The van der Waals surface area contributed by atoms with Gasteiger partial charge in [-0.25, -0.2) is 4.79 Å². The van der Waals surface area contributed by atoms with Crippen molar-refractivity contribution in [3.8, 4) is 0 Å². The van der Waals surface area contributed by atoms with Gasteiger partial charge in [0.1, 0.15) is 5.69 Å². The second-order valence-electron chi connectivity index (χ2n) is 5.93. The van der Waals surface area contributed by atoms with Gasteiger partial charge >= 0.3 is 5.97 Å². The van der Waals surface area contributed by atoms with E-state index in [0.29, 0.717) is 5.69 Å². The van der Waals surface area contributed by atoms with Gasteiger partial charge in [0, 0.05) is 11.8 Å². The average molecular weight is 357 g/mol. The number of rotatable bonds is 5. The molecular weight excluding hydrogens is 338 g/mol. The molecule has 0 unspecified atom stereocenters. The number of hydrogen-bond acceptors (Lipinski definition) is 6. The summed E-state index contributed by atoms with van der Waals surface area (Å²) in [6, 6.07) is 7.43. The normalized spacial score (nSPS) is 10.3. The van der Waals surface area contributed by atoms with Crippen LogP contribution in [0.4, 0.5) is 17.1 Å². The number of nitrogens with zero attached hydrogens (tertiary/aromatic N) is 1. The molecule has 2 rings (SSSR count). The number of amides is 1. The molecular formula is C18H19N3O5. The van der Waals surface area contributed by atoms with Gasteiger partial charge in [-0.1, -0.05) is 17.7 Å². The summed E-state index contributed by atoms with van der Waals surface area (Å²) in [5.41, 5.74) is 8.51. The Labute approximate surface area is 150 Å². The van der Waals surface area contributed by atoms with E-state index in [1.54, 1.807) is 0 Å². The lowest BCUT2D eigenvalue weighted by molar-refractivity contribution is -0.383. The minimum absolute atomic E-state index is 0.0543. The molecule has 0 spiro atoms. The first-order valence-corrected chi connectivity index (χ1v) is 7.77. The van der Waals surface area contributed by atoms with Crippen molar-refractivity contribution in [3.63, 3.8) is 0 Å². The smallest absolute Gasteiger partial charge is 0.338 e. The van der Waals surface area contributed by atoms with Crippen molar-refractivity contribution in [2.75, 3.05) is 17.7 Å². The number of nitro groups is 1. The number of nitrogen functional groups attached to an aromatic ring is 1. The van der Waals surface area contributed by atoms with Crippen LogP contribution in [-0.2, 0) is 9.53 Å². The molecule has 8 heteroatoms. The summed E-state index contributed by atoms with van der Waals surface area (Å²) in [7, 11) is 0. The van der Waals surface area contributed by atoms with Gasteiger partial charge in [0.2, 0.25) is 0 Å². The van der Waals surface area contributed by atoms with Crippen LogP contribution in [0.15, 0.2) is 30.3 Å². The second kappa shape index (κ2) is 7.64. The SMILES string of the molecule is Cc1cc(C)c(NC(=O)COC(=O)c2ccc(N)c([N+](=O)[O-])c2)c(C)c1. The zero-order valence-corrected chi connectivity index (χ0v) is 14.7. The fraction of sp³-hybridized carbons (Fsp3) is 0.222. The van der Waals surface area contributed by atoms with Gasteiger partial charge in [0.15, 0.2) is 6.61 Å². The number of nitrogens with two attached hydrogens (primary N) is 1.